The maximum atomic E-state index is 11.5. The number of nitrogens with zero attached hydrogens (tertiary/aromatic N) is 1. The van der Waals surface area contributed by atoms with Crippen LogP contribution in [0.5, 0.6) is 11.5 Å². The van der Waals surface area contributed by atoms with Gasteiger partial charge in [0.25, 0.3) is 0 Å². The van der Waals surface area contributed by atoms with Gasteiger partial charge in [0.05, 0.1) is 7.11 Å². The van der Waals surface area contributed by atoms with Crippen molar-refractivity contribution in [1.29, 1.82) is 0 Å². The van der Waals surface area contributed by atoms with Crippen molar-refractivity contribution in [2.75, 3.05) is 26.8 Å². The summed E-state index contributed by atoms with van der Waals surface area (Å²) in [7, 11) is 1.67. The number of benzene rings is 2. The number of aliphatic hydroxyl groups is 1. The molecular weight excluding hydrogens is 342 g/mol. The van der Waals surface area contributed by atoms with Crippen molar-refractivity contribution in [1.82, 2.24) is 4.90 Å². The molecular formula is C22H27NO4. The van der Waals surface area contributed by atoms with Crippen LogP contribution in [-0.2, 0) is 0 Å². The summed E-state index contributed by atoms with van der Waals surface area (Å²) in [5.74, 6) is 1.46. The second-order valence-corrected chi connectivity index (χ2v) is 6.98. The lowest BCUT2D eigenvalue weighted by Crippen LogP contribution is -2.35. The first-order valence-corrected chi connectivity index (χ1v) is 9.36. The van der Waals surface area contributed by atoms with Crippen molar-refractivity contribution >= 4 is 5.78 Å². The van der Waals surface area contributed by atoms with Crippen molar-refractivity contribution in [3.8, 4) is 11.5 Å². The second-order valence-electron chi connectivity index (χ2n) is 6.98. The number of ether oxygens (including phenoxy) is 2. The Morgan fingerprint density at radius 2 is 2.00 bits per heavy atom. The molecule has 5 nitrogen and oxygen atoms in total. The number of Topliss-reactive ketones (excluding diaryl/α,β-unsaturated/α-hetero) is 1. The molecule has 3 rings (SSSR count). The van der Waals surface area contributed by atoms with E-state index < -0.39 is 6.10 Å². The van der Waals surface area contributed by atoms with Crippen molar-refractivity contribution < 1.29 is 19.4 Å². The highest BCUT2D eigenvalue weighted by Gasteiger charge is 2.28. The number of β-amino-alcohol motifs (C(OH)–C–C–N with tert-alkyl or cyclic N) is 1. The topological polar surface area (TPSA) is 59.0 Å². The number of carbonyl (C=O) groups excluding carboxylic acids is 1. The Morgan fingerprint density at radius 3 is 2.78 bits per heavy atom. The number of aliphatic hydroxyl groups excluding tert-OH is 1. The van der Waals surface area contributed by atoms with Crippen LogP contribution < -0.4 is 9.47 Å². The molecule has 144 valence electrons. The number of ketones is 1. The number of methoxy groups -OCH3 is 1. The minimum Gasteiger partial charge on any atom is -0.497 e. The number of hydrogen-bond donors (Lipinski definition) is 1. The van der Waals surface area contributed by atoms with E-state index in [0.717, 1.165) is 25.1 Å². The molecule has 0 spiro atoms. The number of likely N-dealkylation sites (tertiary alicyclic amines) is 1. The molecule has 1 fully saturated rings. The van der Waals surface area contributed by atoms with Gasteiger partial charge in [0.1, 0.15) is 24.2 Å². The first-order valence-electron chi connectivity index (χ1n) is 9.36. The summed E-state index contributed by atoms with van der Waals surface area (Å²) >= 11 is 0. The molecule has 2 atom stereocenters. The quantitative estimate of drug-likeness (QED) is 0.722. The molecule has 2 aromatic carbocycles. The van der Waals surface area contributed by atoms with E-state index in [4.69, 9.17) is 9.47 Å². The predicted octanol–water partition coefficient (Wildman–Crippen LogP) is 3.47. The summed E-state index contributed by atoms with van der Waals surface area (Å²) in [6.45, 7) is 3.23. The molecule has 1 aliphatic heterocycles. The minimum atomic E-state index is -0.600. The molecule has 0 radical (unpaired) electrons. The van der Waals surface area contributed by atoms with Crippen LogP contribution in [0, 0.1) is 0 Å². The van der Waals surface area contributed by atoms with Gasteiger partial charge in [-0.05, 0) is 56.1 Å². The first-order chi connectivity index (χ1) is 13.1. The third kappa shape index (κ3) is 5.08. The fourth-order valence-electron chi connectivity index (χ4n) is 3.59. The Kier molecular flexibility index (Phi) is 6.48. The van der Waals surface area contributed by atoms with Crippen LogP contribution in [0.1, 0.15) is 41.7 Å². The van der Waals surface area contributed by atoms with Crippen LogP contribution >= 0.6 is 0 Å². The van der Waals surface area contributed by atoms with Gasteiger partial charge in [0.15, 0.2) is 5.78 Å². The Morgan fingerprint density at radius 1 is 1.22 bits per heavy atom. The summed E-state index contributed by atoms with van der Waals surface area (Å²) < 4.78 is 11.0. The Hall–Kier alpha value is -2.37. The van der Waals surface area contributed by atoms with E-state index in [1.807, 2.05) is 12.1 Å². The highest BCUT2D eigenvalue weighted by molar-refractivity contribution is 5.94. The smallest absolute Gasteiger partial charge is 0.159 e. The van der Waals surface area contributed by atoms with Gasteiger partial charge in [-0.3, -0.25) is 9.69 Å². The molecule has 0 bridgehead atoms. The molecule has 1 N–H and O–H groups in total. The lowest BCUT2D eigenvalue weighted by molar-refractivity contribution is 0.0638. The molecule has 0 saturated carbocycles. The molecule has 5 heteroatoms. The van der Waals surface area contributed by atoms with Crippen LogP contribution in [-0.4, -0.2) is 48.7 Å². The van der Waals surface area contributed by atoms with E-state index >= 15 is 0 Å². The van der Waals surface area contributed by atoms with Gasteiger partial charge in [0.2, 0.25) is 0 Å². The summed E-state index contributed by atoms with van der Waals surface area (Å²) in [5.41, 5.74) is 1.83. The van der Waals surface area contributed by atoms with Crippen LogP contribution in [0.25, 0.3) is 0 Å². The average Bonchev–Trinajstić information content (AvgIpc) is 3.14. The number of rotatable bonds is 8. The van der Waals surface area contributed by atoms with Crippen molar-refractivity contribution in [2.24, 2.45) is 0 Å². The lowest BCUT2D eigenvalue weighted by atomic mass is 10.0. The van der Waals surface area contributed by atoms with E-state index in [2.05, 4.69) is 17.0 Å². The standard InChI is InChI=1S/C22H27NO4/c1-16(24)17-6-3-9-21(12-17)27-15-19(25)14-23-11-5-10-22(23)18-7-4-8-20(13-18)26-2/h3-4,6-9,12-13,19,22,25H,5,10-11,14-15H2,1-2H3. The summed E-state index contributed by atoms with van der Waals surface area (Å²) in [6.07, 6.45) is 1.58. The highest BCUT2D eigenvalue weighted by Crippen LogP contribution is 2.33. The van der Waals surface area contributed by atoms with Gasteiger partial charge in [-0.25, -0.2) is 0 Å². The molecule has 0 aromatic heterocycles. The first kappa shape index (κ1) is 19.4. The number of hydrogen-bond acceptors (Lipinski definition) is 5. The third-order valence-corrected chi connectivity index (χ3v) is 4.97. The fourth-order valence-corrected chi connectivity index (χ4v) is 3.59. The molecule has 2 aromatic rings. The van der Waals surface area contributed by atoms with Crippen LogP contribution in [0.15, 0.2) is 48.5 Å². The largest absolute Gasteiger partial charge is 0.497 e. The van der Waals surface area contributed by atoms with E-state index in [1.165, 1.54) is 12.5 Å². The molecule has 27 heavy (non-hydrogen) atoms. The lowest BCUT2D eigenvalue weighted by Gasteiger charge is -2.27. The third-order valence-electron chi connectivity index (χ3n) is 4.97. The maximum Gasteiger partial charge on any atom is 0.159 e. The Labute approximate surface area is 160 Å². The van der Waals surface area contributed by atoms with Crippen LogP contribution in [0.2, 0.25) is 0 Å². The maximum absolute atomic E-state index is 11.5. The Balaban J connectivity index is 1.57. The fraction of sp³-hybridized carbons (Fsp3) is 0.409. The normalized spacial score (nSPS) is 18.3. The minimum absolute atomic E-state index is 0.000744. The zero-order valence-electron chi connectivity index (χ0n) is 15.9. The molecule has 1 heterocycles. The summed E-state index contributed by atoms with van der Waals surface area (Å²) in [6, 6.07) is 15.5. The van der Waals surface area contributed by atoms with Gasteiger partial charge < -0.3 is 14.6 Å². The van der Waals surface area contributed by atoms with E-state index in [0.29, 0.717) is 17.9 Å². The van der Waals surface area contributed by atoms with Gasteiger partial charge in [-0.1, -0.05) is 24.3 Å². The second kappa shape index (κ2) is 9.02. The summed E-state index contributed by atoms with van der Waals surface area (Å²) in [5, 5.41) is 10.5. The van der Waals surface area contributed by atoms with Gasteiger partial charge in [-0.15, -0.1) is 0 Å². The van der Waals surface area contributed by atoms with Gasteiger partial charge in [-0.2, -0.15) is 0 Å². The zero-order chi connectivity index (χ0) is 19.2. The molecule has 0 amide bonds. The van der Waals surface area contributed by atoms with Crippen molar-refractivity contribution in [2.45, 2.75) is 31.9 Å². The SMILES string of the molecule is COc1cccc(C2CCCN2CC(O)COc2cccc(C(C)=O)c2)c1. The monoisotopic (exact) mass is 369 g/mol. The highest BCUT2D eigenvalue weighted by atomic mass is 16.5. The van der Waals surface area contributed by atoms with E-state index in [9.17, 15) is 9.90 Å². The molecule has 1 aliphatic rings. The van der Waals surface area contributed by atoms with Crippen LogP contribution in [0.3, 0.4) is 0 Å². The van der Waals surface area contributed by atoms with Crippen molar-refractivity contribution in [3.63, 3.8) is 0 Å². The van der Waals surface area contributed by atoms with Crippen molar-refractivity contribution in [3.05, 3.63) is 59.7 Å². The summed E-state index contributed by atoms with van der Waals surface area (Å²) in [4.78, 5) is 13.8. The number of carbonyl (C=O) groups is 1. The predicted molar refractivity (Wildman–Crippen MR) is 104 cm³/mol. The zero-order valence-corrected chi connectivity index (χ0v) is 15.9. The molecule has 0 aliphatic carbocycles. The van der Waals surface area contributed by atoms with E-state index in [-0.39, 0.29) is 18.4 Å². The molecule has 2 unspecified atom stereocenters. The van der Waals surface area contributed by atoms with Crippen LogP contribution in [0.4, 0.5) is 0 Å². The van der Waals surface area contributed by atoms with E-state index in [1.54, 1.807) is 31.4 Å². The van der Waals surface area contributed by atoms with Gasteiger partial charge >= 0.3 is 0 Å². The molecule has 1 saturated heterocycles. The average molecular weight is 369 g/mol. The van der Waals surface area contributed by atoms with Gasteiger partial charge in [0, 0.05) is 18.2 Å². The Bertz CT molecular complexity index is 776.